The molecule has 0 aromatic rings. The highest BCUT2D eigenvalue weighted by Gasteiger charge is 2.33. The molecule has 94 valence electrons. The van der Waals surface area contributed by atoms with Crippen LogP contribution in [0.3, 0.4) is 0 Å². The van der Waals surface area contributed by atoms with Gasteiger partial charge in [-0.3, -0.25) is 4.90 Å². The van der Waals surface area contributed by atoms with Gasteiger partial charge in [0.1, 0.15) is 0 Å². The molecule has 2 nitrogen and oxygen atoms in total. The van der Waals surface area contributed by atoms with Crippen LogP contribution >= 0.6 is 0 Å². The van der Waals surface area contributed by atoms with E-state index in [0.717, 1.165) is 12.1 Å². The van der Waals surface area contributed by atoms with Gasteiger partial charge in [-0.25, -0.2) is 0 Å². The van der Waals surface area contributed by atoms with E-state index in [-0.39, 0.29) is 5.54 Å². The number of hydrogen-bond acceptors (Lipinski definition) is 2. The van der Waals surface area contributed by atoms with Crippen molar-refractivity contribution in [3.8, 4) is 0 Å². The van der Waals surface area contributed by atoms with Crippen LogP contribution in [-0.2, 0) is 0 Å². The summed E-state index contributed by atoms with van der Waals surface area (Å²) in [4.78, 5) is 2.72. The third kappa shape index (κ3) is 2.60. The van der Waals surface area contributed by atoms with Crippen molar-refractivity contribution in [3.05, 3.63) is 0 Å². The van der Waals surface area contributed by atoms with Crippen LogP contribution in [0.2, 0.25) is 0 Å². The lowest BCUT2D eigenvalue weighted by Gasteiger charge is -2.32. The number of nitrogens with two attached hydrogens (primary N) is 1. The minimum absolute atomic E-state index is 0.181. The summed E-state index contributed by atoms with van der Waals surface area (Å²) in [5.41, 5.74) is 6.62. The molecule has 1 saturated carbocycles. The topological polar surface area (TPSA) is 29.3 Å². The molecule has 0 amide bonds. The Balaban J connectivity index is 1.84. The maximum absolute atomic E-state index is 6.44. The Bertz CT molecular complexity index is 221. The molecule has 2 fully saturated rings. The van der Waals surface area contributed by atoms with E-state index in [9.17, 15) is 0 Å². The molecule has 1 aliphatic heterocycles. The molecule has 0 aromatic carbocycles. The van der Waals surface area contributed by atoms with Gasteiger partial charge in [0.25, 0.3) is 0 Å². The van der Waals surface area contributed by atoms with E-state index in [1.54, 1.807) is 0 Å². The maximum atomic E-state index is 6.44. The molecule has 0 spiro atoms. The highest BCUT2D eigenvalue weighted by Crippen LogP contribution is 2.32. The summed E-state index contributed by atoms with van der Waals surface area (Å²) in [6, 6.07) is 1.62. The van der Waals surface area contributed by atoms with Crippen LogP contribution in [0.15, 0.2) is 0 Å². The van der Waals surface area contributed by atoms with Crippen molar-refractivity contribution in [2.24, 2.45) is 5.73 Å². The van der Waals surface area contributed by atoms with E-state index in [1.165, 1.54) is 57.9 Å². The van der Waals surface area contributed by atoms with Crippen LogP contribution in [-0.4, -0.2) is 29.1 Å². The third-order valence-corrected chi connectivity index (χ3v) is 4.89. The van der Waals surface area contributed by atoms with Crippen molar-refractivity contribution in [2.45, 2.75) is 82.8 Å². The van der Waals surface area contributed by atoms with Crippen molar-refractivity contribution in [1.29, 1.82) is 0 Å². The molecule has 2 rings (SSSR count). The predicted octanol–water partition coefficient (Wildman–Crippen LogP) is 2.91. The molecule has 0 radical (unpaired) electrons. The molecule has 2 N–H and O–H groups in total. The first kappa shape index (κ1) is 12.4. The van der Waals surface area contributed by atoms with Gasteiger partial charge in [-0.2, -0.15) is 0 Å². The molecular weight excluding hydrogens is 196 g/mol. The zero-order valence-corrected chi connectivity index (χ0v) is 11.0. The molecule has 0 aromatic heterocycles. The summed E-state index contributed by atoms with van der Waals surface area (Å²) in [6.45, 7) is 5.94. The summed E-state index contributed by atoms with van der Waals surface area (Å²) in [7, 11) is 0. The van der Waals surface area contributed by atoms with Gasteiger partial charge < -0.3 is 5.73 Å². The minimum Gasteiger partial charge on any atom is -0.325 e. The Morgan fingerprint density at radius 3 is 2.56 bits per heavy atom. The van der Waals surface area contributed by atoms with Crippen molar-refractivity contribution in [1.82, 2.24) is 4.90 Å². The molecule has 16 heavy (non-hydrogen) atoms. The first-order valence-corrected chi connectivity index (χ1v) is 7.19. The minimum atomic E-state index is 0.181. The number of nitrogens with zero attached hydrogens (tertiary/aromatic N) is 1. The van der Waals surface area contributed by atoms with Gasteiger partial charge in [-0.1, -0.05) is 19.8 Å². The van der Waals surface area contributed by atoms with Gasteiger partial charge in [0.15, 0.2) is 0 Å². The summed E-state index contributed by atoms with van der Waals surface area (Å²) < 4.78 is 0. The van der Waals surface area contributed by atoms with E-state index in [2.05, 4.69) is 18.7 Å². The van der Waals surface area contributed by atoms with Crippen molar-refractivity contribution in [3.63, 3.8) is 0 Å². The third-order valence-electron chi connectivity index (χ3n) is 4.89. The van der Waals surface area contributed by atoms with E-state index in [1.807, 2.05) is 0 Å². The van der Waals surface area contributed by atoms with Crippen LogP contribution in [0.4, 0.5) is 0 Å². The van der Waals surface area contributed by atoms with Gasteiger partial charge in [0.2, 0.25) is 0 Å². The molecule has 1 heterocycles. The van der Waals surface area contributed by atoms with Crippen LogP contribution in [0.1, 0.15) is 65.2 Å². The van der Waals surface area contributed by atoms with Crippen LogP contribution in [0.25, 0.3) is 0 Å². The Morgan fingerprint density at radius 1 is 1.25 bits per heavy atom. The molecule has 1 saturated heterocycles. The highest BCUT2D eigenvalue weighted by molar-refractivity contribution is 4.92. The van der Waals surface area contributed by atoms with Gasteiger partial charge in [0.05, 0.1) is 0 Å². The van der Waals surface area contributed by atoms with Crippen molar-refractivity contribution >= 4 is 0 Å². The number of rotatable bonds is 4. The standard InChI is InChI=1S/C14H28N2/c1-3-13-7-6-12(2)16(13)11-10-14(15)8-4-5-9-14/h12-13H,3-11,15H2,1-2H3. The quantitative estimate of drug-likeness (QED) is 0.795. The number of hydrogen-bond donors (Lipinski definition) is 1. The lowest BCUT2D eigenvalue weighted by atomic mass is 9.94. The molecular formula is C14H28N2. The largest absolute Gasteiger partial charge is 0.325 e. The first-order chi connectivity index (χ1) is 7.64. The lowest BCUT2D eigenvalue weighted by Crippen LogP contribution is -2.43. The average Bonchev–Trinajstić information content (AvgIpc) is 2.83. The molecule has 0 bridgehead atoms. The van der Waals surface area contributed by atoms with E-state index >= 15 is 0 Å². The first-order valence-electron chi connectivity index (χ1n) is 7.19. The predicted molar refractivity (Wildman–Crippen MR) is 69.5 cm³/mol. The van der Waals surface area contributed by atoms with Gasteiger partial charge in [-0.05, 0) is 45.4 Å². The van der Waals surface area contributed by atoms with Gasteiger partial charge in [-0.15, -0.1) is 0 Å². The van der Waals surface area contributed by atoms with Crippen LogP contribution in [0.5, 0.6) is 0 Å². The zero-order valence-electron chi connectivity index (χ0n) is 11.0. The van der Waals surface area contributed by atoms with Crippen molar-refractivity contribution in [2.75, 3.05) is 6.54 Å². The Labute approximate surface area is 101 Å². The second-order valence-electron chi connectivity index (χ2n) is 6.05. The lowest BCUT2D eigenvalue weighted by molar-refractivity contribution is 0.177. The second-order valence-corrected chi connectivity index (χ2v) is 6.05. The Kier molecular flexibility index (Phi) is 3.91. The fourth-order valence-electron chi connectivity index (χ4n) is 3.65. The van der Waals surface area contributed by atoms with Crippen LogP contribution in [0, 0.1) is 0 Å². The normalized spacial score (nSPS) is 34.7. The Morgan fingerprint density at radius 2 is 1.94 bits per heavy atom. The van der Waals surface area contributed by atoms with Gasteiger partial charge in [0, 0.05) is 24.2 Å². The van der Waals surface area contributed by atoms with Crippen molar-refractivity contribution < 1.29 is 0 Å². The van der Waals surface area contributed by atoms with E-state index in [4.69, 9.17) is 5.73 Å². The zero-order chi connectivity index (χ0) is 11.6. The van der Waals surface area contributed by atoms with E-state index < -0.39 is 0 Å². The van der Waals surface area contributed by atoms with Gasteiger partial charge >= 0.3 is 0 Å². The molecule has 2 atom stereocenters. The SMILES string of the molecule is CCC1CCC(C)N1CCC1(N)CCCC1. The molecule has 2 aliphatic rings. The fraction of sp³-hybridized carbons (Fsp3) is 1.00. The monoisotopic (exact) mass is 224 g/mol. The summed E-state index contributed by atoms with van der Waals surface area (Å²) >= 11 is 0. The average molecular weight is 224 g/mol. The summed E-state index contributed by atoms with van der Waals surface area (Å²) in [5.74, 6) is 0. The summed E-state index contributed by atoms with van der Waals surface area (Å²) in [5, 5.41) is 0. The Hall–Kier alpha value is -0.0800. The molecule has 2 heteroatoms. The highest BCUT2D eigenvalue weighted by atomic mass is 15.2. The number of likely N-dealkylation sites (tertiary alicyclic amines) is 1. The smallest absolute Gasteiger partial charge is 0.0166 e. The van der Waals surface area contributed by atoms with E-state index in [0.29, 0.717) is 0 Å². The van der Waals surface area contributed by atoms with Crippen LogP contribution < -0.4 is 5.73 Å². The maximum Gasteiger partial charge on any atom is 0.0166 e. The molecule has 2 unspecified atom stereocenters. The summed E-state index contributed by atoms with van der Waals surface area (Å²) in [6.07, 6.45) is 10.5. The molecule has 1 aliphatic carbocycles. The fourth-order valence-corrected chi connectivity index (χ4v) is 3.65. The second kappa shape index (κ2) is 5.05.